The van der Waals surface area contributed by atoms with E-state index >= 15 is 0 Å². The largest absolute Gasteiger partial charge is 0.402 e. The Morgan fingerprint density at radius 2 is 2.08 bits per heavy atom. The van der Waals surface area contributed by atoms with Crippen molar-refractivity contribution in [1.29, 1.82) is 0 Å². The molecule has 2 rings (SSSR count). The summed E-state index contributed by atoms with van der Waals surface area (Å²) in [7, 11) is 0. The zero-order valence-electron chi connectivity index (χ0n) is 6.51. The van der Waals surface area contributed by atoms with Crippen LogP contribution < -0.4 is 0 Å². The molecule has 1 aliphatic heterocycles. The van der Waals surface area contributed by atoms with Crippen molar-refractivity contribution in [3.63, 3.8) is 0 Å². The number of rotatable bonds is 1. The van der Waals surface area contributed by atoms with Crippen LogP contribution in [0.3, 0.4) is 0 Å². The van der Waals surface area contributed by atoms with Crippen LogP contribution in [0.1, 0.15) is 11.5 Å². The first-order valence-electron chi connectivity index (χ1n) is 3.85. The molecule has 0 saturated heterocycles. The molecule has 0 fully saturated rings. The lowest BCUT2D eigenvalue weighted by molar-refractivity contribution is -0.728. The second kappa shape index (κ2) is 2.85. The monoisotopic (exact) mass is 163 g/mol. The van der Waals surface area contributed by atoms with Gasteiger partial charge in [-0.1, -0.05) is 30.3 Å². The van der Waals surface area contributed by atoms with Gasteiger partial charge in [-0.2, -0.15) is 0 Å². The Hall–Kier alpha value is -1.51. The first-order chi connectivity index (χ1) is 5.86. The second-order valence-corrected chi connectivity index (χ2v) is 2.75. The van der Waals surface area contributed by atoms with Gasteiger partial charge in [0.15, 0.2) is 0 Å². The highest BCUT2D eigenvalue weighted by Gasteiger charge is 2.19. The minimum absolute atomic E-state index is 0.115. The molecule has 1 atom stereocenters. The van der Waals surface area contributed by atoms with Crippen LogP contribution in [-0.2, 0) is 4.84 Å². The molecule has 0 spiro atoms. The van der Waals surface area contributed by atoms with Crippen molar-refractivity contribution in [3.05, 3.63) is 41.1 Å². The minimum Gasteiger partial charge on any atom is -0.402 e. The van der Waals surface area contributed by atoms with Gasteiger partial charge in [0.2, 0.25) is 6.21 Å². The molecule has 0 bridgehead atoms. The van der Waals surface area contributed by atoms with E-state index in [-0.39, 0.29) is 5.92 Å². The molecule has 0 N–H and O–H groups in total. The van der Waals surface area contributed by atoms with Crippen molar-refractivity contribution in [1.82, 2.24) is 0 Å². The average molecular weight is 163 g/mol. The summed E-state index contributed by atoms with van der Waals surface area (Å²) in [4.78, 5) is 5.27. The molecule has 0 radical (unpaired) electrons. The lowest BCUT2D eigenvalue weighted by Crippen LogP contribution is -1.99. The van der Waals surface area contributed by atoms with E-state index < -0.39 is 0 Å². The van der Waals surface area contributed by atoms with Gasteiger partial charge in [-0.15, -0.1) is 0 Å². The maximum Gasteiger partial charge on any atom is 0.218 e. The van der Waals surface area contributed by atoms with Crippen molar-refractivity contribution in [2.75, 3.05) is 6.61 Å². The summed E-state index contributed by atoms with van der Waals surface area (Å²) >= 11 is 0. The third-order valence-electron chi connectivity index (χ3n) is 1.91. The molecule has 0 aliphatic carbocycles. The Kier molecular flexibility index (Phi) is 1.70. The van der Waals surface area contributed by atoms with E-state index in [1.807, 2.05) is 30.3 Å². The Morgan fingerprint density at radius 3 is 2.67 bits per heavy atom. The lowest BCUT2D eigenvalue weighted by Gasteiger charge is -2.02. The van der Waals surface area contributed by atoms with E-state index in [1.165, 1.54) is 6.21 Å². The summed E-state index contributed by atoms with van der Waals surface area (Å²) in [5.74, 6) is 0.115. The first kappa shape index (κ1) is 7.16. The molecule has 1 aliphatic rings. The van der Waals surface area contributed by atoms with Crippen LogP contribution in [-0.4, -0.2) is 17.7 Å². The second-order valence-electron chi connectivity index (χ2n) is 2.75. The van der Waals surface area contributed by atoms with E-state index in [0.717, 1.165) is 5.56 Å². The zero-order valence-corrected chi connectivity index (χ0v) is 6.51. The molecule has 3 nitrogen and oxygen atoms in total. The topological polar surface area (TPSA) is 35.3 Å². The normalized spacial score (nSPS) is 21.7. The van der Waals surface area contributed by atoms with Gasteiger partial charge >= 0.3 is 0 Å². The smallest absolute Gasteiger partial charge is 0.218 e. The molecule has 0 saturated carbocycles. The summed E-state index contributed by atoms with van der Waals surface area (Å²) in [6.45, 7) is 0.452. The SMILES string of the molecule is [O-][N+]1=CC(c2ccccc2)CO1. The van der Waals surface area contributed by atoms with Crippen molar-refractivity contribution in [2.45, 2.75) is 5.92 Å². The summed E-state index contributed by atoms with van der Waals surface area (Å²) in [5.41, 5.74) is 1.12. The van der Waals surface area contributed by atoms with Gasteiger partial charge in [-0.25, -0.2) is 0 Å². The predicted molar refractivity (Wildman–Crippen MR) is 44.8 cm³/mol. The predicted octanol–water partition coefficient (Wildman–Crippen LogP) is 1.30. The fraction of sp³-hybridized carbons (Fsp3) is 0.222. The Morgan fingerprint density at radius 1 is 1.33 bits per heavy atom. The molecule has 0 aromatic heterocycles. The van der Waals surface area contributed by atoms with Crippen LogP contribution in [0.2, 0.25) is 0 Å². The third kappa shape index (κ3) is 1.25. The molecule has 1 aromatic rings. The van der Waals surface area contributed by atoms with Crippen molar-refractivity contribution in [3.8, 4) is 0 Å². The van der Waals surface area contributed by atoms with E-state index in [2.05, 4.69) is 0 Å². The average Bonchev–Trinajstić information content (AvgIpc) is 2.54. The van der Waals surface area contributed by atoms with Gasteiger partial charge in [-0.3, -0.25) is 5.21 Å². The molecular formula is C9H9NO2. The summed E-state index contributed by atoms with van der Waals surface area (Å²) in [6, 6.07) is 9.84. The molecule has 0 amide bonds. The van der Waals surface area contributed by atoms with Crippen LogP contribution in [0.15, 0.2) is 30.3 Å². The van der Waals surface area contributed by atoms with Crippen molar-refractivity contribution < 1.29 is 9.74 Å². The standard InChI is InChI=1S/C9H9NO2/c11-10-6-9(7-12-10)8-4-2-1-3-5-8/h1-6,9H,7H2. The van der Waals surface area contributed by atoms with E-state index in [4.69, 9.17) is 4.84 Å². The fourth-order valence-corrected chi connectivity index (χ4v) is 1.27. The molecular weight excluding hydrogens is 154 g/mol. The fourth-order valence-electron chi connectivity index (χ4n) is 1.27. The van der Waals surface area contributed by atoms with Gasteiger partial charge in [0.1, 0.15) is 0 Å². The van der Waals surface area contributed by atoms with Crippen LogP contribution in [0.5, 0.6) is 0 Å². The van der Waals surface area contributed by atoms with Crippen molar-refractivity contribution in [2.24, 2.45) is 0 Å². The van der Waals surface area contributed by atoms with Gasteiger partial charge < -0.3 is 4.84 Å². The first-order valence-corrected chi connectivity index (χ1v) is 3.85. The molecule has 62 valence electrons. The quantitative estimate of drug-likeness (QED) is 0.585. The summed E-state index contributed by atoms with van der Waals surface area (Å²) in [6.07, 6.45) is 1.54. The molecule has 12 heavy (non-hydrogen) atoms. The number of hydrogen-bond acceptors (Lipinski definition) is 2. The molecule has 3 heteroatoms. The zero-order chi connectivity index (χ0) is 8.39. The third-order valence-corrected chi connectivity index (χ3v) is 1.91. The van der Waals surface area contributed by atoms with Gasteiger partial charge in [-0.05, 0) is 5.56 Å². The highest BCUT2D eigenvalue weighted by molar-refractivity contribution is 5.64. The molecule has 1 aromatic carbocycles. The van der Waals surface area contributed by atoms with Crippen LogP contribution in [0, 0.1) is 5.21 Å². The summed E-state index contributed by atoms with van der Waals surface area (Å²) in [5, 5.41) is 10.7. The van der Waals surface area contributed by atoms with Gasteiger partial charge in [0.05, 0.1) is 12.5 Å². The number of benzene rings is 1. The minimum atomic E-state index is 0.115. The molecule has 1 heterocycles. The van der Waals surface area contributed by atoms with Crippen LogP contribution in [0.4, 0.5) is 0 Å². The van der Waals surface area contributed by atoms with Crippen LogP contribution in [0.25, 0.3) is 0 Å². The van der Waals surface area contributed by atoms with Crippen LogP contribution >= 0.6 is 0 Å². The van der Waals surface area contributed by atoms with Gasteiger partial charge in [0, 0.05) is 4.90 Å². The van der Waals surface area contributed by atoms with E-state index in [0.29, 0.717) is 11.5 Å². The summed E-state index contributed by atoms with van der Waals surface area (Å²) < 4.78 is 0. The highest BCUT2D eigenvalue weighted by Crippen LogP contribution is 2.16. The Bertz CT molecular complexity index is 295. The Labute approximate surface area is 70.4 Å². The van der Waals surface area contributed by atoms with E-state index in [1.54, 1.807) is 0 Å². The Balaban J connectivity index is 2.22. The lowest BCUT2D eigenvalue weighted by atomic mass is 10.0. The highest BCUT2D eigenvalue weighted by atomic mass is 16.9. The van der Waals surface area contributed by atoms with Gasteiger partial charge in [0.25, 0.3) is 0 Å². The molecule has 1 unspecified atom stereocenters. The number of hydrogen-bond donors (Lipinski definition) is 0. The maximum atomic E-state index is 10.7. The number of nitrogens with zero attached hydrogens (tertiary/aromatic N) is 1. The van der Waals surface area contributed by atoms with E-state index in [9.17, 15) is 5.21 Å². The van der Waals surface area contributed by atoms with Crippen molar-refractivity contribution >= 4 is 6.21 Å². The maximum absolute atomic E-state index is 10.7.